The summed E-state index contributed by atoms with van der Waals surface area (Å²) in [6.07, 6.45) is 5.10. The van der Waals surface area contributed by atoms with Crippen molar-refractivity contribution in [3.8, 4) is 0 Å². The first-order valence-electron chi connectivity index (χ1n) is 7.09. The smallest absolute Gasteiger partial charge is 0.242 e. The van der Waals surface area contributed by atoms with E-state index in [9.17, 15) is 8.42 Å². The van der Waals surface area contributed by atoms with Gasteiger partial charge in [-0.05, 0) is 37.2 Å². The Labute approximate surface area is 131 Å². The largest absolute Gasteiger partial charge is 0.372 e. The van der Waals surface area contributed by atoms with Gasteiger partial charge >= 0.3 is 0 Å². The quantitative estimate of drug-likeness (QED) is 0.889. The molecular formula is C14H22ClN3O2S. The standard InChI is InChI=1S/C14H22ClN3O2S/c1-14(2)6-4-10(5-7-14)18-21(19,20)11-8-12(15)13(16-3)17-9-11/h8-10,18H,4-7H2,1-3H3,(H,16,17). The van der Waals surface area contributed by atoms with Crippen LogP contribution in [0, 0.1) is 5.41 Å². The maximum Gasteiger partial charge on any atom is 0.242 e. The van der Waals surface area contributed by atoms with Crippen LogP contribution in [0.3, 0.4) is 0 Å². The molecule has 1 saturated carbocycles. The summed E-state index contributed by atoms with van der Waals surface area (Å²) in [5.74, 6) is 0.468. The molecule has 1 aromatic heterocycles. The second-order valence-corrected chi connectivity index (χ2v) is 8.43. The summed E-state index contributed by atoms with van der Waals surface area (Å²) in [5.41, 5.74) is 0.307. The summed E-state index contributed by atoms with van der Waals surface area (Å²) in [6.45, 7) is 4.44. The van der Waals surface area contributed by atoms with Crippen LogP contribution in [-0.2, 0) is 10.0 Å². The Hall–Kier alpha value is -0.850. The molecule has 1 fully saturated rings. The average molecular weight is 332 g/mol. The molecule has 0 spiro atoms. The third-order valence-electron chi connectivity index (χ3n) is 4.02. The Balaban J connectivity index is 2.10. The van der Waals surface area contributed by atoms with E-state index in [0.29, 0.717) is 16.3 Å². The molecule has 0 atom stereocenters. The number of sulfonamides is 1. The van der Waals surface area contributed by atoms with Gasteiger partial charge in [0.15, 0.2) is 0 Å². The Kier molecular flexibility index (Phi) is 4.80. The number of nitrogens with zero attached hydrogens (tertiary/aromatic N) is 1. The molecular weight excluding hydrogens is 310 g/mol. The highest BCUT2D eigenvalue weighted by atomic mass is 35.5. The van der Waals surface area contributed by atoms with Crippen LogP contribution in [0.2, 0.25) is 5.02 Å². The zero-order valence-electron chi connectivity index (χ0n) is 12.6. The summed E-state index contributed by atoms with van der Waals surface area (Å²) >= 11 is 6.00. The molecule has 1 aliphatic rings. The molecule has 7 heteroatoms. The Bertz CT molecular complexity index is 607. The van der Waals surface area contributed by atoms with Crippen molar-refractivity contribution in [2.75, 3.05) is 12.4 Å². The lowest BCUT2D eigenvalue weighted by Crippen LogP contribution is -2.39. The summed E-state index contributed by atoms with van der Waals surface area (Å²) in [5, 5.41) is 3.10. The molecule has 0 bridgehead atoms. The van der Waals surface area contributed by atoms with Crippen molar-refractivity contribution in [1.82, 2.24) is 9.71 Å². The third-order valence-corrected chi connectivity index (χ3v) is 5.80. The topological polar surface area (TPSA) is 71.1 Å². The number of aromatic nitrogens is 1. The van der Waals surface area contributed by atoms with Crippen LogP contribution in [0.15, 0.2) is 17.2 Å². The van der Waals surface area contributed by atoms with E-state index in [-0.39, 0.29) is 10.9 Å². The number of halogens is 1. The van der Waals surface area contributed by atoms with Gasteiger partial charge in [-0.1, -0.05) is 25.4 Å². The maximum absolute atomic E-state index is 12.4. The predicted octanol–water partition coefficient (Wildman–Crippen LogP) is 3.02. The zero-order valence-corrected chi connectivity index (χ0v) is 14.2. The first kappa shape index (κ1) is 16.5. The van der Waals surface area contributed by atoms with E-state index >= 15 is 0 Å². The second kappa shape index (κ2) is 6.10. The molecule has 1 heterocycles. The van der Waals surface area contributed by atoms with Crippen molar-refractivity contribution < 1.29 is 8.42 Å². The molecule has 0 saturated heterocycles. The van der Waals surface area contributed by atoms with E-state index < -0.39 is 10.0 Å². The van der Waals surface area contributed by atoms with Gasteiger partial charge in [0.2, 0.25) is 10.0 Å². The number of hydrogen-bond acceptors (Lipinski definition) is 4. The Morgan fingerprint density at radius 1 is 1.33 bits per heavy atom. The minimum absolute atomic E-state index is 0.00854. The van der Waals surface area contributed by atoms with Gasteiger partial charge in [0.05, 0.1) is 5.02 Å². The van der Waals surface area contributed by atoms with Gasteiger partial charge in [-0.25, -0.2) is 18.1 Å². The Morgan fingerprint density at radius 3 is 2.48 bits per heavy atom. The normalized spacial score (nSPS) is 19.4. The molecule has 118 valence electrons. The van der Waals surface area contributed by atoms with Crippen molar-refractivity contribution in [3.05, 3.63) is 17.3 Å². The van der Waals surface area contributed by atoms with Crippen molar-refractivity contribution in [1.29, 1.82) is 0 Å². The second-order valence-electron chi connectivity index (χ2n) is 6.31. The number of hydrogen-bond donors (Lipinski definition) is 2. The van der Waals surface area contributed by atoms with E-state index in [2.05, 4.69) is 28.9 Å². The predicted molar refractivity (Wildman–Crippen MR) is 85.2 cm³/mol. The van der Waals surface area contributed by atoms with E-state index in [4.69, 9.17) is 11.6 Å². The van der Waals surface area contributed by atoms with Crippen LogP contribution in [0.25, 0.3) is 0 Å². The van der Waals surface area contributed by atoms with Gasteiger partial charge in [-0.3, -0.25) is 0 Å². The number of rotatable bonds is 4. The van der Waals surface area contributed by atoms with Gasteiger partial charge in [0, 0.05) is 19.3 Å². The third kappa shape index (κ3) is 4.08. The molecule has 1 aliphatic carbocycles. The van der Waals surface area contributed by atoms with Crippen LogP contribution in [0.4, 0.5) is 5.82 Å². The number of anilines is 1. The highest BCUT2D eigenvalue weighted by Crippen LogP contribution is 2.35. The Morgan fingerprint density at radius 2 is 1.95 bits per heavy atom. The van der Waals surface area contributed by atoms with Crippen molar-refractivity contribution in [2.24, 2.45) is 5.41 Å². The van der Waals surface area contributed by atoms with Crippen molar-refractivity contribution in [3.63, 3.8) is 0 Å². The lowest BCUT2D eigenvalue weighted by atomic mass is 9.76. The molecule has 0 aliphatic heterocycles. The highest BCUT2D eigenvalue weighted by Gasteiger charge is 2.29. The van der Waals surface area contributed by atoms with Crippen LogP contribution in [-0.4, -0.2) is 26.5 Å². The van der Waals surface area contributed by atoms with E-state index in [1.165, 1.54) is 12.3 Å². The summed E-state index contributed by atoms with van der Waals surface area (Å²) in [6, 6.07) is 1.42. The SMILES string of the molecule is CNc1ncc(S(=O)(=O)NC2CCC(C)(C)CC2)cc1Cl. The van der Waals surface area contributed by atoms with E-state index in [1.807, 2.05) is 0 Å². The monoisotopic (exact) mass is 331 g/mol. The van der Waals surface area contributed by atoms with Crippen LogP contribution < -0.4 is 10.0 Å². The molecule has 2 rings (SSSR count). The minimum Gasteiger partial charge on any atom is -0.372 e. The van der Waals surface area contributed by atoms with Crippen LogP contribution in [0.5, 0.6) is 0 Å². The van der Waals surface area contributed by atoms with Gasteiger partial charge in [-0.15, -0.1) is 0 Å². The van der Waals surface area contributed by atoms with Crippen LogP contribution >= 0.6 is 11.6 Å². The molecule has 0 radical (unpaired) electrons. The fraction of sp³-hybridized carbons (Fsp3) is 0.643. The van der Waals surface area contributed by atoms with E-state index in [1.54, 1.807) is 7.05 Å². The molecule has 0 unspecified atom stereocenters. The lowest BCUT2D eigenvalue weighted by molar-refractivity contribution is 0.218. The van der Waals surface area contributed by atoms with Crippen LogP contribution in [0.1, 0.15) is 39.5 Å². The fourth-order valence-electron chi connectivity index (χ4n) is 2.56. The molecule has 2 N–H and O–H groups in total. The summed E-state index contributed by atoms with van der Waals surface area (Å²) in [4.78, 5) is 4.12. The zero-order chi connectivity index (χ0) is 15.7. The summed E-state index contributed by atoms with van der Waals surface area (Å²) in [7, 11) is -1.88. The van der Waals surface area contributed by atoms with Gasteiger partial charge in [0.1, 0.15) is 10.7 Å². The molecule has 1 aromatic rings. The fourth-order valence-corrected chi connectivity index (χ4v) is 4.16. The van der Waals surface area contributed by atoms with Gasteiger partial charge < -0.3 is 5.32 Å². The van der Waals surface area contributed by atoms with Gasteiger partial charge in [0.25, 0.3) is 0 Å². The molecule has 5 nitrogen and oxygen atoms in total. The first-order valence-corrected chi connectivity index (χ1v) is 8.95. The minimum atomic E-state index is -3.57. The molecule has 21 heavy (non-hydrogen) atoms. The average Bonchev–Trinajstić information content (AvgIpc) is 2.41. The highest BCUT2D eigenvalue weighted by molar-refractivity contribution is 7.89. The summed E-state index contributed by atoms with van der Waals surface area (Å²) < 4.78 is 27.5. The lowest BCUT2D eigenvalue weighted by Gasteiger charge is -2.34. The van der Waals surface area contributed by atoms with Crippen molar-refractivity contribution >= 4 is 27.4 Å². The maximum atomic E-state index is 12.4. The van der Waals surface area contributed by atoms with E-state index in [0.717, 1.165) is 25.7 Å². The molecule has 0 amide bonds. The number of pyridine rings is 1. The first-order chi connectivity index (χ1) is 9.73. The number of nitrogens with one attached hydrogen (secondary N) is 2. The van der Waals surface area contributed by atoms with Crippen molar-refractivity contribution in [2.45, 2.75) is 50.5 Å². The van der Waals surface area contributed by atoms with Gasteiger partial charge in [-0.2, -0.15) is 0 Å². The molecule has 0 aromatic carbocycles.